The minimum Gasteiger partial charge on any atom is -0.508 e. The molecule has 4 aromatic rings. The third-order valence-electron chi connectivity index (χ3n) is 11.3. The molecule has 18 heteroatoms. The molecule has 0 spiro atoms. The van der Waals surface area contributed by atoms with E-state index in [0.29, 0.717) is 11.4 Å². The predicted molar refractivity (Wildman–Crippen MR) is 203 cm³/mol. The average molecular weight is 859 g/mol. The Morgan fingerprint density at radius 1 is 0.741 bits per heavy atom. The molecular weight excluding hydrogens is 832 g/mol. The number of rotatable bonds is 6. The summed E-state index contributed by atoms with van der Waals surface area (Å²) in [5.41, 5.74) is 0.180. The zero-order valence-electron chi connectivity index (χ0n) is 30.0. The van der Waals surface area contributed by atoms with Crippen molar-refractivity contribution in [1.29, 1.82) is 0 Å². The van der Waals surface area contributed by atoms with Crippen LogP contribution in [0.15, 0.2) is 88.6 Å². The lowest BCUT2D eigenvalue weighted by Crippen LogP contribution is -2.60. The first kappa shape index (κ1) is 39.4. The number of halogens is 8. The van der Waals surface area contributed by atoms with Crippen LogP contribution in [0.2, 0.25) is 5.02 Å². The van der Waals surface area contributed by atoms with Gasteiger partial charge >= 0.3 is 0 Å². The fourth-order valence-electron chi connectivity index (χ4n) is 8.52. The normalized spacial score (nSPS) is 26.6. The number of fused-ring (bicyclic) bond motifs is 4. The number of aromatic hydroxyl groups is 1. The second kappa shape index (κ2) is 13.9. The molecule has 6 unspecified atom stereocenters. The van der Waals surface area contributed by atoms with Gasteiger partial charge in [0, 0.05) is 36.3 Å². The first-order valence-corrected chi connectivity index (χ1v) is 18.7. The van der Waals surface area contributed by atoms with Gasteiger partial charge in [-0.1, -0.05) is 23.3 Å². The van der Waals surface area contributed by atoms with E-state index in [-0.39, 0.29) is 33.2 Å². The van der Waals surface area contributed by atoms with E-state index in [0.717, 1.165) is 16.7 Å². The molecule has 2 aliphatic heterocycles. The van der Waals surface area contributed by atoms with Crippen molar-refractivity contribution in [2.45, 2.75) is 28.5 Å². The van der Waals surface area contributed by atoms with E-state index in [9.17, 15) is 37.5 Å². The smallest absolute Gasteiger partial charge is 0.258 e. The summed E-state index contributed by atoms with van der Waals surface area (Å²) in [7, 11) is 3.80. The zero-order chi connectivity index (χ0) is 41.7. The van der Waals surface area contributed by atoms with Crippen LogP contribution >= 0.6 is 34.8 Å². The quantitative estimate of drug-likeness (QED) is 0.0393. The maximum Gasteiger partial charge on any atom is 0.258 e. The Hall–Kier alpha value is -5.38. The number of hydrogen-bond donors (Lipinski definition) is 1. The van der Waals surface area contributed by atoms with Crippen molar-refractivity contribution in [2.24, 2.45) is 28.0 Å². The van der Waals surface area contributed by atoms with Crippen LogP contribution in [0.4, 0.5) is 50.4 Å². The van der Waals surface area contributed by atoms with Crippen LogP contribution in [0.1, 0.15) is 24.3 Å². The van der Waals surface area contributed by atoms with Gasteiger partial charge in [-0.2, -0.15) is 10.2 Å². The van der Waals surface area contributed by atoms with Crippen molar-refractivity contribution in [2.75, 3.05) is 28.8 Å². The Kier molecular flexibility index (Phi) is 9.44. The Balaban J connectivity index is 1.19. The third-order valence-corrected chi connectivity index (χ3v) is 12.9. The fraction of sp³-hybridized carbons (Fsp3) is 0.250. The van der Waals surface area contributed by atoms with Gasteiger partial charge in [0.05, 0.1) is 28.9 Å². The van der Waals surface area contributed by atoms with Gasteiger partial charge in [-0.3, -0.25) is 24.1 Å². The minimum atomic E-state index is -2.81. The number of nitrogens with zero attached hydrogens (tertiary/aromatic N) is 5. The van der Waals surface area contributed by atoms with E-state index in [1.165, 1.54) is 30.3 Å². The van der Waals surface area contributed by atoms with E-state index >= 15 is 8.78 Å². The number of alkyl halides is 2. The van der Waals surface area contributed by atoms with E-state index in [2.05, 4.69) is 10.2 Å². The lowest BCUT2D eigenvalue weighted by atomic mass is 9.56. The third kappa shape index (κ3) is 5.57. The van der Waals surface area contributed by atoms with Gasteiger partial charge in [0.2, 0.25) is 17.6 Å². The monoisotopic (exact) mass is 857 g/mol. The predicted octanol–water partition coefficient (Wildman–Crippen LogP) is 8.99. The Morgan fingerprint density at radius 2 is 1.31 bits per heavy atom. The topological polar surface area (TPSA) is 123 Å². The highest BCUT2D eigenvalue weighted by Gasteiger charge is 2.77. The number of anilines is 3. The van der Waals surface area contributed by atoms with Gasteiger partial charge in [-0.25, -0.2) is 26.9 Å². The lowest BCUT2D eigenvalue weighted by molar-refractivity contribution is -0.125. The molecule has 6 atom stereocenters. The van der Waals surface area contributed by atoms with Gasteiger partial charge < -0.3 is 10.0 Å². The molecule has 58 heavy (non-hydrogen) atoms. The van der Waals surface area contributed by atoms with Crippen LogP contribution < -0.4 is 14.7 Å². The molecule has 3 fully saturated rings. The molecule has 298 valence electrons. The molecule has 0 aromatic heterocycles. The first-order valence-electron chi connectivity index (χ1n) is 17.6. The lowest BCUT2D eigenvalue weighted by Gasteiger charge is -2.50. The van der Waals surface area contributed by atoms with E-state index in [1.54, 1.807) is 24.3 Å². The maximum absolute atomic E-state index is 15.3. The summed E-state index contributed by atoms with van der Waals surface area (Å²) >= 11 is 20.6. The molecule has 2 aliphatic carbocycles. The number of imide groups is 2. The molecule has 0 radical (unpaired) electrons. The number of azo groups is 1. The number of allylic oxidation sites excluding steroid dienone is 2. The van der Waals surface area contributed by atoms with Crippen molar-refractivity contribution in [3.8, 4) is 5.75 Å². The Bertz CT molecular complexity index is 2510. The second-order valence-corrected chi connectivity index (χ2v) is 16.2. The van der Waals surface area contributed by atoms with Crippen LogP contribution in [-0.2, 0) is 19.2 Å². The molecule has 0 bridgehead atoms. The van der Waals surface area contributed by atoms with Crippen LogP contribution in [0.25, 0.3) is 0 Å². The number of hydrogen-bond acceptors (Lipinski definition) is 8. The SMILES string of the molecule is CN(C)c1ccc(N=Nc2ccc(N3C(=O)C4CC=C5C(CC6(Cl)C(=O)N(c7c(F)c(F)c(F)c(F)c7F)C(=O)C6(Cl)C5c5cc(Cl)ccc5O)C4C3=O)cc2)cc1. The van der Waals surface area contributed by atoms with Crippen molar-refractivity contribution in [1.82, 2.24) is 0 Å². The van der Waals surface area contributed by atoms with E-state index < -0.39 is 104 Å². The minimum absolute atomic E-state index is 0.00144. The first-order chi connectivity index (χ1) is 27.4. The van der Waals surface area contributed by atoms with E-state index in [4.69, 9.17) is 34.8 Å². The molecular formula is C40H27Cl3F5N5O5. The molecule has 2 heterocycles. The summed E-state index contributed by atoms with van der Waals surface area (Å²) < 4.78 is 73.7. The molecule has 2 saturated heterocycles. The number of benzene rings is 4. The number of carbonyl (C=O) groups excluding carboxylic acids is 4. The van der Waals surface area contributed by atoms with Crippen LogP contribution in [-0.4, -0.2) is 52.6 Å². The summed E-state index contributed by atoms with van der Waals surface area (Å²) in [6, 6.07) is 17.0. The highest BCUT2D eigenvalue weighted by atomic mass is 35.5. The number of phenols is 1. The van der Waals surface area contributed by atoms with Crippen molar-refractivity contribution < 1.29 is 46.2 Å². The largest absolute Gasteiger partial charge is 0.508 e. The summed E-state index contributed by atoms with van der Waals surface area (Å²) in [6.45, 7) is 0. The van der Waals surface area contributed by atoms with Gasteiger partial charge in [-0.15, -0.1) is 23.2 Å². The highest BCUT2D eigenvalue weighted by molar-refractivity contribution is 6.58. The van der Waals surface area contributed by atoms with Gasteiger partial charge in [0.1, 0.15) is 11.4 Å². The standard InChI is InChI=1S/C40H27Cl3F5N5O5/c1-51(2)20-8-4-18(5-9-20)49-50-19-6-10-21(11-7-19)52-35(55)23-13-12-22-25(27(23)36(52)56)16-39(42)37(57)53(34-32(47)30(45)29(44)31(46)33(34)48)38(58)40(39,43)28(22)24-15-17(41)3-14-26(24)54/h3-12,14-15,23,25,27-28,54H,13,16H2,1-2H3. The maximum atomic E-state index is 15.3. The molecule has 4 aliphatic rings. The summed E-state index contributed by atoms with van der Waals surface area (Å²) in [4.78, 5) is 54.3. The number of amides is 4. The van der Waals surface area contributed by atoms with Crippen LogP contribution in [0.3, 0.4) is 0 Å². The van der Waals surface area contributed by atoms with Gasteiger partial charge in [0.15, 0.2) is 33.0 Å². The Morgan fingerprint density at radius 3 is 1.90 bits per heavy atom. The van der Waals surface area contributed by atoms with Crippen molar-refractivity contribution in [3.63, 3.8) is 0 Å². The molecule has 10 nitrogen and oxygen atoms in total. The van der Waals surface area contributed by atoms with Crippen LogP contribution in [0.5, 0.6) is 5.75 Å². The summed E-state index contributed by atoms with van der Waals surface area (Å²) in [5, 5.41) is 19.6. The van der Waals surface area contributed by atoms with Crippen LogP contribution in [0, 0.1) is 46.8 Å². The van der Waals surface area contributed by atoms with Crippen molar-refractivity contribution in [3.05, 3.63) is 118 Å². The fourth-order valence-corrected chi connectivity index (χ4v) is 9.63. The second-order valence-electron chi connectivity index (χ2n) is 14.5. The molecule has 8 rings (SSSR count). The Labute approximate surface area is 341 Å². The number of carbonyl (C=O) groups is 4. The average Bonchev–Trinajstić information content (AvgIpc) is 3.54. The number of phenolic OH excluding ortho intramolecular Hbond substituents is 1. The molecule has 1 saturated carbocycles. The van der Waals surface area contributed by atoms with Gasteiger partial charge in [0.25, 0.3) is 11.8 Å². The highest BCUT2D eigenvalue weighted by Crippen LogP contribution is 2.67. The molecule has 4 amide bonds. The van der Waals surface area contributed by atoms with E-state index in [1.807, 2.05) is 31.1 Å². The molecule has 1 N–H and O–H groups in total. The van der Waals surface area contributed by atoms with Crippen molar-refractivity contribution >= 4 is 86.9 Å². The van der Waals surface area contributed by atoms with Gasteiger partial charge in [-0.05, 0) is 85.5 Å². The zero-order valence-corrected chi connectivity index (χ0v) is 32.3. The summed E-state index contributed by atoms with van der Waals surface area (Å²) in [5.74, 6) is -22.8. The summed E-state index contributed by atoms with van der Waals surface area (Å²) in [6.07, 6.45) is 0.709. The molecule has 4 aromatic carbocycles.